The summed E-state index contributed by atoms with van der Waals surface area (Å²) in [6.07, 6.45) is -3.06. The van der Waals surface area contributed by atoms with Crippen molar-refractivity contribution in [3.05, 3.63) is 59.2 Å². The molecule has 204 valence electrons. The molecule has 3 aliphatic heterocycles. The number of ether oxygens (including phenoxy) is 1. The van der Waals surface area contributed by atoms with Crippen molar-refractivity contribution in [1.82, 2.24) is 9.80 Å². The summed E-state index contributed by atoms with van der Waals surface area (Å²) in [5.41, 5.74) is 9.14. The van der Waals surface area contributed by atoms with Crippen LogP contribution < -0.4 is 16.0 Å². The molecule has 0 aromatic heterocycles. The van der Waals surface area contributed by atoms with Crippen LogP contribution in [-0.2, 0) is 36.9 Å². The quantitative estimate of drug-likeness (QED) is 0.450. The Bertz CT molecular complexity index is 1360. The number of aliphatic imine (C=N–C) groups is 1. The molecule has 0 bridgehead atoms. The predicted octanol–water partition coefficient (Wildman–Crippen LogP) is -0.520. The van der Waals surface area contributed by atoms with Crippen molar-refractivity contribution in [1.29, 1.82) is 0 Å². The van der Waals surface area contributed by atoms with Gasteiger partial charge in [-0.15, -0.1) is 0 Å². The largest absolute Gasteiger partial charge is 0.383 e. The van der Waals surface area contributed by atoms with Gasteiger partial charge in [0.05, 0.1) is 26.1 Å². The summed E-state index contributed by atoms with van der Waals surface area (Å²) in [6.45, 7) is 1.75. The third-order valence-corrected chi connectivity index (χ3v) is 7.13. The van der Waals surface area contributed by atoms with Crippen molar-refractivity contribution in [2.24, 2.45) is 10.7 Å². The minimum absolute atomic E-state index is 0.0475. The van der Waals surface area contributed by atoms with Crippen molar-refractivity contribution >= 4 is 40.8 Å². The Morgan fingerprint density at radius 3 is 2.79 bits per heavy atom. The number of anilines is 2. The lowest BCUT2D eigenvalue weighted by Gasteiger charge is -2.34. The number of carbonyl (C=O) groups is 4. The molecule has 4 amide bonds. The minimum atomic E-state index is -1.74. The van der Waals surface area contributed by atoms with Crippen molar-refractivity contribution < 1.29 is 29.0 Å². The van der Waals surface area contributed by atoms with E-state index in [0.29, 0.717) is 42.4 Å². The van der Waals surface area contributed by atoms with Crippen LogP contribution in [0.3, 0.4) is 0 Å². The number of fused-ring (bicyclic) bond motifs is 1. The van der Waals surface area contributed by atoms with Gasteiger partial charge in [0, 0.05) is 43.6 Å². The van der Waals surface area contributed by atoms with Gasteiger partial charge in [0.2, 0.25) is 11.8 Å². The number of nitrogens with zero attached hydrogens (tertiary/aromatic N) is 4. The molecule has 0 spiro atoms. The summed E-state index contributed by atoms with van der Waals surface area (Å²) in [5.74, 6) is -1.18. The van der Waals surface area contributed by atoms with Gasteiger partial charge in [-0.05, 0) is 41.5 Å². The third kappa shape index (κ3) is 5.47. The minimum Gasteiger partial charge on any atom is -0.383 e. The first-order valence-corrected chi connectivity index (χ1v) is 12.7. The van der Waals surface area contributed by atoms with E-state index >= 15 is 0 Å². The molecule has 2 aromatic carbocycles. The Hall–Kier alpha value is -4.29. The standard InChI is InChI=1S/C27H30N6O6/c1-31-7-8-32(15-22(31)35)21(34)12-16-3-2-4-19(11-16)33-9-10-39-24(27(33)38)23(36)26(37)30-18-5-6-20-17(13-18)14-29-25(20)28/h2-6,11,13,23-24,36H,7-10,12,14-15H2,1H3,(H2,28,29)(H,30,37). The van der Waals surface area contributed by atoms with Crippen molar-refractivity contribution in [3.63, 3.8) is 0 Å². The zero-order valence-corrected chi connectivity index (χ0v) is 21.5. The zero-order chi connectivity index (χ0) is 27.7. The van der Waals surface area contributed by atoms with Crippen LogP contribution in [0.4, 0.5) is 11.4 Å². The Kier molecular flexibility index (Phi) is 7.31. The molecule has 0 aliphatic carbocycles. The smallest absolute Gasteiger partial charge is 0.259 e. The van der Waals surface area contributed by atoms with Crippen LogP contribution in [0.15, 0.2) is 47.5 Å². The summed E-state index contributed by atoms with van der Waals surface area (Å²) < 4.78 is 5.51. The van der Waals surface area contributed by atoms with E-state index in [1.54, 1.807) is 54.4 Å². The Labute approximate surface area is 225 Å². The number of likely N-dealkylation sites (N-methyl/N-ethyl adjacent to an activating group) is 1. The summed E-state index contributed by atoms with van der Waals surface area (Å²) in [6, 6.07) is 12.1. The lowest BCUT2D eigenvalue weighted by molar-refractivity contribution is -0.150. The van der Waals surface area contributed by atoms with E-state index in [1.165, 1.54) is 9.80 Å². The number of aliphatic hydroxyl groups excluding tert-OH is 1. The predicted molar refractivity (Wildman–Crippen MR) is 142 cm³/mol. The topological polar surface area (TPSA) is 158 Å². The first kappa shape index (κ1) is 26.3. The van der Waals surface area contributed by atoms with Crippen LogP contribution >= 0.6 is 0 Å². The molecule has 2 atom stereocenters. The Balaban J connectivity index is 1.23. The normalized spacial score (nSPS) is 20.0. The van der Waals surface area contributed by atoms with Crippen molar-refractivity contribution in [2.75, 3.05) is 50.1 Å². The highest BCUT2D eigenvalue weighted by atomic mass is 16.5. The fraction of sp³-hybridized carbons (Fsp3) is 0.370. The van der Waals surface area contributed by atoms with Crippen molar-refractivity contribution in [2.45, 2.75) is 25.2 Å². The maximum Gasteiger partial charge on any atom is 0.259 e. The van der Waals surface area contributed by atoms with Crippen LogP contribution in [0, 0.1) is 0 Å². The van der Waals surface area contributed by atoms with Gasteiger partial charge in [0.1, 0.15) is 5.84 Å². The summed E-state index contributed by atoms with van der Waals surface area (Å²) in [5, 5.41) is 13.3. The lowest BCUT2D eigenvalue weighted by atomic mass is 10.1. The maximum atomic E-state index is 13.3. The fourth-order valence-electron chi connectivity index (χ4n) is 4.84. The van der Waals surface area contributed by atoms with Gasteiger partial charge in [-0.3, -0.25) is 24.2 Å². The first-order valence-electron chi connectivity index (χ1n) is 12.7. The van der Waals surface area contributed by atoms with E-state index < -0.39 is 24.0 Å². The van der Waals surface area contributed by atoms with Gasteiger partial charge in [-0.25, -0.2) is 0 Å². The average Bonchev–Trinajstić information content (AvgIpc) is 3.29. The fourth-order valence-corrected chi connectivity index (χ4v) is 4.84. The van der Waals surface area contributed by atoms with Gasteiger partial charge in [-0.2, -0.15) is 0 Å². The number of hydrogen-bond donors (Lipinski definition) is 3. The number of hydrogen-bond acceptors (Lipinski definition) is 8. The van der Waals surface area contributed by atoms with Crippen LogP contribution in [0.1, 0.15) is 16.7 Å². The lowest BCUT2D eigenvalue weighted by Crippen LogP contribution is -2.55. The van der Waals surface area contributed by atoms with Gasteiger partial charge in [0.25, 0.3) is 11.8 Å². The van der Waals surface area contributed by atoms with Gasteiger partial charge in [0.15, 0.2) is 12.2 Å². The number of amidine groups is 1. The van der Waals surface area contributed by atoms with Crippen LogP contribution in [0.5, 0.6) is 0 Å². The molecule has 5 rings (SSSR count). The molecule has 3 aliphatic rings. The van der Waals surface area contributed by atoms with Crippen LogP contribution in [0.2, 0.25) is 0 Å². The zero-order valence-electron chi connectivity index (χ0n) is 21.5. The molecule has 0 saturated carbocycles. The molecule has 3 heterocycles. The molecule has 0 radical (unpaired) electrons. The van der Waals surface area contributed by atoms with Gasteiger partial charge < -0.3 is 35.6 Å². The Morgan fingerprint density at radius 2 is 2.00 bits per heavy atom. The second kappa shape index (κ2) is 10.8. The van der Waals surface area contributed by atoms with E-state index in [4.69, 9.17) is 10.5 Å². The molecule has 12 nitrogen and oxygen atoms in total. The molecule has 12 heteroatoms. The van der Waals surface area contributed by atoms with Gasteiger partial charge in [-0.1, -0.05) is 12.1 Å². The molecule has 39 heavy (non-hydrogen) atoms. The van der Waals surface area contributed by atoms with E-state index in [9.17, 15) is 24.3 Å². The molecule has 4 N–H and O–H groups in total. The van der Waals surface area contributed by atoms with E-state index in [2.05, 4.69) is 10.3 Å². The molecular formula is C27H30N6O6. The SMILES string of the molecule is CN1CCN(C(=O)Cc2cccc(N3CCOC(C(O)C(=O)Nc4ccc5c(c4)CN=C5N)C3=O)c2)CC1=O. The number of amides is 4. The number of nitrogens with one attached hydrogen (secondary N) is 1. The number of rotatable bonds is 6. The third-order valence-electron chi connectivity index (χ3n) is 7.13. The molecule has 2 unspecified atom stereocenters. The molecule has 2 fully saturated rings. The summed E-state index contributed by atoms with van der Waals surface area (Å²) in [4.78, 5) is 59.5. The summed E-state index contributed by atoms with van der Waals surface area (Å²) in [7, 11) is 1.71. The average molecular weight is 535 g/mol. The van der Waals surface area contributed by atoms with E-state index in [-0.39, 0.29) is 37.9 Å². The molecular weight excluding hydrogens is 504 g/mol. The first-order chi connectivity index (χ1) is 18.7. The molecule has 2 aromatic rings. The Morgan fingerprint density at radius 1 is 1.18 bits per heavy atom. The highest BCUT2D eigenvalue weighted by molar-refractivity contribution is 6.05. The maximum absolute atomic E-state index is 13.3. The van der Waals surface area contributed by atoms with Crippen LogP contribution in [-0.4, -0.2) is 96.4 Å². The summed E-state index contributed by atoms with van der Waals surface area (Å²) >= 11 is 0. The van der Waals surface area contributed by atoms with Crippen LogP contribution in [0.25, 0.3) is 0 Å². The number of carbonyl (C=O) groups excluding carboxylic acids is 4. The number of benzene rings is 2. The highest BCUT2D eigenvalue weighted by Crippen LogP contribution is 2.24. The van der Waals surface area contributed by atoms with E-state index in [0.717, 1.165) is 11.1 Å². The number of piperazine rings is 1. The van der Waals surface area contributed by atoms with E-state index in [1.807, 2.05) is 0 Å². The number of morpholine rings is 1. The van der Waals surface area contributed by atoms with Gasteiger partial charge >= 0.3 is 0 Å². The molecule has 2 saturated heterocycles. The number of aliphatic hydroxyl groups is 1. The number of nitrogens with two attached hydrogens (primary N) is 1. The van der Waals surface area contributed by atoms with Crippen molar-refractivity contribution in [3.8, 4) is 0 Å². The second-order valence-electron chi connectivity index (χ2n) is 9.77. The highest BCUT2D eigenvalue weighted by Gasteiger charge is 2.39. The monoisotopic (exact) mass is 534 g/mol. The second-order valence-corrected chi connectivity index (χ2v) is 9.77.